The lowest BCUT2D eigenvalue weighted by molar-refractivity contribution is -0.119. The van der Waals surface area contributed by atoms with E-state index in [4.69, 9.17) is 9.72 Å². The highest BCUT2D eigenvalue weighted by atomic mass is 32.2. The number of hydrogen-bond acceptors (Lipinski definition) is 5. The SMILES string of the molecule is CSc1ccccc1NC(=O)COC(=O)c1cc(-c2cccc3ccccc23)nc2ccccc12. The summed E-state index contributed by atoms with van der Waals surface area (Å²) in [4.78, 5) is 31.4. The number of nitrogens with one attached hydrogen (secondary N) is 1. The van der Waals surface area contributed by atoms with Crippen LogP contribution in [0.4, 0.5) is 5.69 Å². The van der Waals surface area contributed by atoms with Gasteiger partial charge in [0.1, 0.15) is 0 Å². The Kier molecular flexibility index (Phi) is 6.46. The first-order valence-corrected chi connectivity index (χ1v) is 12.3. The minimum absolute atomic E-state index is 0.371. The van der Waals surface area contributed by atoms with Gasteiger partial charge in [0.2, 0.25) is 0 Å². The van der Waals surface area contributed by atoms with Crippen LogP contribution in [0, 0.1) is 0 Å². The number of rotatable bonds is 6. The summed E-state index contributed by atoms with van der Waals surface area (Å²) in [5, 5.41) is 5.62. The number of carbonyl (C=O) groups is 2. The summed E-state index contributed by atoms with van der Waals surface area (Å²) in [5.74, 6) is -0.967. The number of thioether (sulfide) groups is 1. The minimum atomic E-state index is -0.571. The first-order valence-electron chi connectivity index (χ1n) is 11.1. The number of amides is 1. The fraction of sp³-hybridized carbons (Fsp3) is 0.0690. The maximum Gasteiger partial charge on any atom is 0.339 e. The zero-order valence-electron chi connectivity index (χ0n) is 19.0. The second-order valence-corrected chi connectivity index (χ2v) is 8.77. The fourth-order valence-electron chi connectivity index (χ4n) is 4.07. The van der Waals surface area contributed by atoms with Gasteiger partial charge in [0, 0.05) is 15.8 Å². The van der Waals surface area contributed by atoms with Gasteiger partial charge in [-0.2, -0.15) is 0 Å². The van der Waals surface area contributed by atoms with E-state index >= 15 is 0 Å². The zero-order valence-corrected chi connectivity index (χ0v) is 19.8. The maximum atomic E-state index is 13.2. The first kappa shape index (κ1) is 22.6. The Balaban J connectivity index is 1.44. The molecule has 0 atom stereocenters. The third-order valence-electron chi connectivity index (χ3n) is 5.72. The average molecular weight is 479 g/mol. The van der Waals surface area contributed by atoms with Crippen molar-refractivity contribution in [1.82, 2.24) is 4.98 Å². The molecule has 0 spiro atoms. The molecule has 0 fully saturated rings. The Hall–Kier alpha value is -4.16. The Morgan fingerprint density at radius 3 is 2.43 bits per heavy atom. The highest BCUT2D eigenvalue weighted by Crippen LogP contribution is 2.31. The predicted molar refractivity (Wildman–Crippen MR) is 142 cm³/mol. The summed E-state index contributed by atoms with van der Waals surface area (Å²) in [6.45, 7) is -0.387. The topological polar surface area (TPSA) is 68.3 Å². The van der Waals surface area contributed by atoms with E-state index in [0.29, 0.717) is 27.8 Å². The molecule has 172 valence electrons. The molecule has 0 radical (unpaired) electrons. The van der Waals surface area contributed by atoms with E-state index in [1.165, 1.54) is 11.8 Å². The molecule has 6 heteroatoms. The molecule has 0 aliphatic rings. The van der Waals surface area contributed by atoms with Gasteiger partial charge in [-0.1, -0.05) is 72.8 Å². The number of ether oxygens (including phenoxy) is 1. The number of benzene rings is 4. The molecular formula is C29H22N2O3S. The highest BCUT2D eigenvalue weighted by molar-refractivity contribution is 7.98. The van der Waals surface area contributed by atoms with Gasteiger partial charge >= 0.3 is 5.97 Å². The largest absolute Gasteiger partial charge is 0.452 e. The predicted octanol–water partition coefficient (Wildman–Crippen LogP) is 6.57. The van der Waals surface area contributed by atoms with Crippen LogP contribution in [0.5, 0.6) is 0 Å². The average Bonchev–Trinajstić information content (AvgIpc) is 2.91. The van der Waals surface area contributed by atoms with Gasteiger partial charge in [0.25, 0.3) is 5.91 Å². The van der Waals surface area contributed by atoms with Crippen molar-refractivity contribution in [3.05, 3.63) is 103 Å². The van der Waals surface area contributed by atoms with Crippen molar-refractivity contribution >= 4 is 51.0 Å². The van der Waals surface area contributed by atoms with Crippen LogP contribution in [0.1, 0.15) is 10.4 Å². The monoisotopic (exact) mass is 478 g/mol. The van der Waals surface area contributed by atoms with Crippen LogP contribution in [-0.4, -0.2) is 29.7 Å². The van der Waals surface area contributed by atoms with Crippen LogP contribution in [0.2, 0.25) is 0 Å². The van der Waals surface area contributed by atoms with Crippen molar-refractivity contribution < 1.29 is 14.3 Å². The van der Waals surface area contributed by atoms with Crippen molar-refractivity contribution in [3.63, 3.8) is 0 Å². The standard InChI is InChI=1S/C29H22N2O3S/c1-35-27-16-7-6-15-25(27)31-28(32)18-34-29(33)23-17-26(30-24-14-5-4-12-22(23)24)21-13-8-10-19-9-2-3-11-20(19)21/h2-17H,18H2,1H3,(H,31,32). The number of hydrogen-bond donors (Lipinski definition) is 1. The molecule has 5 rings (SSSR count). The lowest BCUT2D eigenvalue weighted by Crippen LogP contribution is -2.21. The van der Waals surface area contributed by atoms with E-state index in [1.807, 2.05) is 97.3 Å². The third-order valence-corrected chi connectivity index (χ3v) is 6.51. The van der Waals surface area contributed by atoms with Crippen LogP contribution >= 0.6 is 11.8 Å². The van der Waals surface area contributed by atoms with E-state index in [9.17, 15) is 9.59 Å². The number of carbonyl (C=O) groups excluding carboxylic acids is 2. The van der Waals surface area contributed by atoms with Gasteiger partial charge in [-0.3, -0.25) is 4.79 Å². The molecule has 1 heterocycles. The molecule has 0 unspecified atom stereocenters. The van der Waals surface area contributed by atoms with E-state index < -0.39 is 11.9 Å². The number of esters is 1. The summed E-state index contributed by atoms with van der Waals surface area (Å²) in [5.41, 5.74) is 3.34. The Bertz CT molecular complexity index is 1560. The fourth-order valence-corrected chi connectivity index (χ4v) is 4.63. The van der Waals surface area contributed by atoms with Crippen LogP contribution < -0.4 is 5.32 Å². The molecule has 0 saturated heterocycles. The van der Waals surface area contributed by atoms with E-state index in [1.54, 1.807) is 6.07 Å². The van der Waals surface area contributed by atoms with Gasteiger partial charge in [-0.15, -0.1) is 11.8 Å². The molecule has 0 aliphatic heterocycles. The van der Waals surface area contributed by atoms with Crippen LogP contribution in [0.25, 0.3) is 32.9 Å². The number of para-hydroxylation sites is 2. The van der Waals surface area contributed by atoms with Crippen LogP contribution in [0.15, 0.2) is 102 Å². The van der Waals surface area contributed by atoms with Gasteiger partial charge in [-0.25, -0.2) is 9.78 Å². The summed E-state index contributed by atoms with van der Waals surface area (Å²) in [7, 11) is 0. The van der Waals surface area contributed by atoms with Crippen LogP contribution in [0.3, 0.4) is 0 Å². The molecule has 4 aromatic carbocycles. The Morgan fingerprint density at radius 2 is 1.57 bits per heavy atom. The maximum absolute atomic E-state index is 13.2. The lowest BCUT2D eigenvalue weighted by atomic mass is 9.99. The smallest absolute Gasteiger partial charge is 0.339 e. The quantitative estimate of drug-likeness (QED) is 0.221. The third kappa shape index (κ3) is 4.74. The summed E-state index contributed by atoms with van der Waals surface area (Å²) >= 11 is 1.53. The van der Waals surface area contributed by atoms with Crippen LogP contribution in [-0.2, 0) is 9.53 Å². The molecule has 5 aromatic rings. The molecule has 0 saturated carbocycles. The van der Waals surface area contributed by atoms with E-state index in [0.717, 1.165) is 21.2 Å². The number of fused-ring (bicyclic) bond motifs is 2. The number of pyridine rings is 1. The van der Waals surface area contributed by atoms with Crippen molar-refractivity contribution in [2.24, 2.45) is 0 Å². The van der Waals surface area contributed by atoms with E-state index in [2.05, 4.69) is 5.32 Å². The second kappa shape index (κ2) is 9.99. The molecule has 35 heavy (non-hydrogen) atoms. The number of nitrogens with zero attached hydrogens (tertiary/aromatic N) is 1. The Labute approximate surface area is 207 Å². The molecule has 0 aliphatic carbocycles. The van der Waals surface area contributed by atoms with Crippen molar-refractivity contribution in [2.75, 3.05) is 18.2 Å². The highest BCUT2D eigenvalue weighted by Gasteiger charge is 2.18. The van der Waals surface area contributed by atoms with Crippen molar-refractivity contribution in [3.8, 4) is 11.3 Å². The lowest BCUT2D eigenvalue weighted by Gasteiger charge is -2.12. The molecule has 1 amide bonds. The van der Waals surface area contributed by atoms with Gasteiger partial charge in [-0.05, 0) is 41.3 Å². The normalized spacial score (nSPS) is 10.9. The first-order chi connectivity index (χ1) is 17.1. The zero-order chi connectivity index (χ0) is 24.2. The summed E-state index contributed by atoms with van der Waals surface area (Å²) in [6.07, 6.45) is 1.94. The van der Waals surface area contributed by atoms with Crippen molar-refractivity contribution in [1.29, 1.82) is 0 Å². The number of anilines is 1. The van der Waals surface area contributed by atoms with Gasteiger partial charge < -0.3 is 10.1 Å². The van der Waals surface area contributed by atoms with E-state index in [-0.39, 0.29) is 6.61 Å². The van der Waals surface area contributed by atoms with Gasteiger partial charge in [0.05, 0.1) is 22.5 Å². The minimum Gasteiger partial charge on any atom is -0.452 e. The second-order valence-electron chi connectivity index (χ2n) is 7.92. The molecule has 1 aromatic heterocycles. The number of aromatic nitrogens is 1. The molecule has 1 N–H and O–H groups in total. The Morgan fingerprint density at radius 1 is 0.857 bits per heavy atom. The van der Waals surface area contributed by atoms with Gasteiger partial charge in [0.15, 0.2) is 6.61 Å². The molecular weight excluding hydrogens is 456 g/mol. The molecule has 5 nitrogen and oxygen atoms in total. The summed E-state index contributed by atoms with van der Waals surface area (Å²) < 4.78 is 5.44. The summed E-state index contributed by atoms with van der Waals surface area (Å²) in [6, 6.07) is 30.7. The molecule has 0 bridgehead atoms. The van der Waals surface area contributed by atoms with Crippen molar-refractivity contribution in [2.45, 2.75) is 4.90 Å².